The highest BCUT2D eigenvalue weighted by molar-refractivity contribution is 7.21. The van der Waals surface area contributed by atoms with Crippen molar-refractivity contribution >= 4 is 44.9 Å². The summed E-state index contributed by atoms with van der Waals surface area (Å²) in [5.41, 5.74) is 3.02. The van der Waals surface area contributed by atoms with Crippen molar-refractivity contribution in [3.63, 3.8) is 0 Å². The number of halogens is 1. The van der Waals surface area contributed by atoms with Gasteiger partial charge in [0.05, 0.1) is 10.6 Å². The molecule has 1 N–H and O–H groups in total. The van der Waals surface area contributed by atoms with E-state index in [4.69, 9.17) is 11.6 Å². The normalized spacial score (nSPS) is 10.8. The molecule has 0 radical (unpaired) electrons. The fourth-order valence-electron chi connectivity index (χ4n) is 2.43. The fourth-order valence-corrected chi connectivity index (χ4v) is 3.57. The average molecular weight is 366 g/mol. The Bertz CT molecular complexity index is 1030. The summed E-state index contributed by atoms with van der Waals surface area (Å²) in [6, 6.07) is 18.3. The molecule has 0 aliphatic carbocycles. The third-order valence-electron chi connectivity index (χ3n) is 3.67. The molecule has 0 unspecified atom stereocenters. The summed E-state index contributed by atoms with van der Waals surface area (Å²) in [7, 11) is 0. The van der Waals surface area contributed by atoms with Gasteiger partial charge in [-0.3, -0.25) is 4.79 Å². The second-order valence-corrected chi connectivity index (χ2v) is 6.74. The Balaban J connectivity index is 1.56. The van der Waals surface area contributed by atoms with Gasteiger partial charge in [-0.2, -0.15) is 0 Å². The van der Waals surface area contributed by atoms with Gasteiger partial charge in [-0.25, -0.2) is 9.97 Å². The van der Waals surface area contributed by atoms with E-state index >= 15 is 0 Å². The molecule has 0 aliphatic heterocycles. The molecule has 2 aromatic carbocycles. The Morgan fingerprint density at radius 2 is 1.80 bits per heavy atom. The number of hydrogen-bond acceptors (Lipinski definition) is 4. The molecule has 0 atom stereocenters. The zero-order valence-corrected chi connectivity index (χ0v) is 14.5. The maximum Gasteiger partial charge on any atom is 0.257 e. The fraction of sp³-hybridized carbons (Fsp3) is 0. The minimum Gasteiger partial charge on any atom is -0.322 e. The van der Waals surface area contributed by atoms with Gasteiger partial charge in [0.2, 0.25) is 0 Å². The molecular formula is C19H12ClN3OS. The van der Waals surface area contributed by atoms with Gasteiger partial charge in [-0.05, 0) is 48.5 Å². The lowest BCUT2D eigenvalue weighted by molar-refractivity contribution is 0.102. The number of anilines is 1. The van der Waals surface area contributed by atoms with Crippen LogP contribution in [0.1, 0.15) is 10.4 Å². The van der Waals surface area contributed by atoms with E-state index in [2.05, 4.69) is 15.3 Å². The molecule has 2 heterocycles. The Labute approximate surface area is 153 Å². The number of pyridine rings is 1. The van der Waals surface area contributed by atoms with Crippen LogP contribution in [0.25, 0.3) is 20.9 Å². The van der Waals surface area contributed by atoms with Crippen LogP contribution >= 0.6 is 22.9 Å². The Morgan fingerprint density at radius 3 is 2.56 bits per heavy atom. The number of carbonyl (C=O) groups is 1. The first-order valence-electron chi connectivity index (χ1n) is 7.58. The average Bonchev–Trinajstić information content (AvgIpc) is 3.07. The van der Waals surface area contributed by atoms with Gasteiger partial charge in [0.1, 0.15) is 15.4 Å². The number of nitrogens with zero attached hydrogens (tertiary/aromatic N) is 2. The van der Waals surface area contributed by atoms with Crippen LogP contribution < -0.4 is 5.32 Å². The van der Waals surface area contributed by atoms with Crippen molar-refractivity contribution in [2.45, 2.75) is 0 Å². The van der Waals surface area contributed by atoms with E-state index in [1.54, 1.807) is 41.8 Å². The van der Waals surface area contributed by atoms with Crippen LogP contribution in [-0.2, 0) is 0 Å². The van der Waals surface area contributed by atoms with Crippen molar-refractivity contribution in [2.75, 3.05) is 5.32 Å². The minimum atomic E-state index is -0.234. The van der Waals surface area contributed by atoms with E-state index in [0.29, 0.717) is 16.3 Å². The molecular weight excluding hydrogens is 354 g/mol. The number of amides is 1. The summed E-state index contributed by atoms with van der Waals surface area (Å²) in [5, 5.41) is 4.18. The number of rotatable bonds is 3. The largest absolute Gasteiger partial charge is 0.322 e. The second kappa shape index (κ2) is 6.63. The Hall–Kier alpha value is -2.76. The number of thiazole rings is 1. The Morgan fingerprint density at radius 1 is 1.00 bits per heavy atom. The van der Waals surface area contributed by atoms with Gasteiger partial charge >= 0.3 is 0 Å². The number of benzene rings is 2. The minimum absolute atomic E-state index is 0.234. The smallest absolute Gasteiger partial charge is 0.257 e. The highest BCUT2D eigenvalue weighted by Gasteiger charge is 2.11. The number of carbonyl (C=O) groups excluding carboxylic acids is 1. The zero-order chi connectivity index (χ0) is 17.2. The summed E-state index contributed by atoms with van der Waals surface area (Å²) in [6.45, 7) is 0. The van der Waals surface area contributed by atoms with Crippen LogP contribution in [0.15, 0.2) is 66.9 Å². The van der Waals surface area contributed by atoms with Gasteiger partial charge in [-0.1, -0.05) is 35.1 Å². The summed E-state index contributed by atoms with van der Waals surface area (Å²) in [6.07, 6.45) is 1.76. The molecule has 0 spiro atoms. The maximum atomic E-state index is 12.3. The molecule has 0 aliphatic rings. The molecule has 0 fully saturated rings. The van der Waals surface area contributed by atoms with Crippen LogP contribution in [-0.4, -0.2) is 15.9 Å². The maximum absolute atomic E-state index is 12.3. The van der Waals surface area contributed by atoms with E-state index in [1.165, 1.54) is 0 Å². The lowest BCUT2D eigenvalue weighted by Gasteiger charge is -2.07. The highest BCUT2D eigenvalue weighted by Crippen LogP contribution is 2.29. The lowest BCUT2D eigenvalue weighted by atomic mass is 10.2. The molecule has 4 rings (SSSR count). The third kappa shape index (κ3) is 3.24. The second-order valence-electron chi connectivity index (χ2n) is 5.36. The van der Waals surface area contributed by atoms with Gasteiger partial charge in [-0.15, -0.1) is 0 Å². The molecule has 25 heavy (non-hydrogen) atoms. The predicted molar refractivity (Wildman–Crippen MR) is 102 cm³/mol. The van der Waals surface area contributed by atoms with Crippen molar-refractivity contribution in [2.24, 2.45) is 0 Å². The number of nitrogens with one attached hydrogen (secondary N) is 1. The number of hydrogen-bond donors (Lipinski definition) is 1. The van der Waals surface area contributed by atoms with Crippen LogP contribution in [0.3, 0.4) is 0 Å². The molecule has 0 saturated carbocycles. The standard InChI is InChI=1S/C19H12ClN3OS/c20-15-5-2-1-4-14(15)17(24)22-13-9-7-12(8-10-13)18-23-16-6-3-11-21-19(16)25-18/h1-11H,(H,22,24). The van der Waals surface area contributed by atoms with Crippen LogP contribution in [0, 0.1) is 0 Å². The summed E-state index contributed by atoms with van der Waals surface area (Å²) in [5.74, 6) is -0.234. The van der Waals surface area contributed by atoms with E-state index in [-0.39, 0.29) is 5.91 Å². The van der Waals surface area contributed by atoms with E-state index in [0.717, 1.165) is 20.9 Å². The zero-order valence-electron chi connectivity index (χ0n) is 12.9. The SMILES string of the molecule is O=C(Nc1ccc(-c2nc3cccnc3s2)cc1)c1ccccc1Cl. The van der Waals surface area contributed by atoms with E-state index < -0.39 is 0 Å². The Kier molecular flexibility index (Phi) is 4.17. The first kappa shape index (κ1) is 15.7. The van der Waals surface area contributed by atoms with Crippen LogP contribution in [0.2, 0.25) is 5.02 Å². The molecule has 4 aromatic rings. The third-order valence-corrected chi connectivity index (χ3v) is 5.03. The van der Waals surface area contributed by atoms with Crippen molar-refractivity contribution in [3.8, 4) is 10.6 Å². The first-order chi connectivity index (χ1) is 12.2. The van der Waals surface area contributed by atoms with Crippen molar-refractivity contribution in [3.05, 3.63) is 77.4 Å². The van der Waals surface area contributed by atoms with Crippen molar-refractivity contribution in [1.82, 2.24) is 9.97 Å². The molecule has 0 bridgehead atoms. The molecule has 4 nitrogen and oxygen atoms in total. The quantitative estimate of drug-likeness (QED) is 0.538. The monoisotopic (exact) mass is 365 g/mol. The summed E-state index contributed by atoms with van der Waals surface area (Å²) < 4.78 is 0. The van der Waals surface area contributed by atoms with Gasteiger partial charge in [0.25, 0.3) is 5.91 Å². The predicted octanol–water partition coefficient (Wildman–Crippen LogP) is 5.26. The van der Waals surface area contributed by atoms with Crippen LogP contribution in [0.5, 0.6) is 0 Å². The van der Waals surface area contributed by atoms with E-state index in [9.17, 15) is 4.79 Å². The first-order valence-corrected chi connectivity index (χ1v) is 8.78. The van der Waals surface area contributed by atoms with Gasteiger partial charge in [0.15, 0.2) is 0 Å². The molecule has 6 heteroatoms. The lowest BCUT2D eigenvalue weighted by Crippen LogP contribution is -2.12. The highest BCUT2D eigenvalue weighted by atomic mass is 35.5. The summed E-state index contributed by atoms with van der Waals surface area (Å²) >= 11 is 7.60. The number of fused-ring (bicyclic) bond motifs is 1. The van der Waals surface area contributed by atoms with Crippen molar-refractivity contribution < 1.29 is 4.79 Å². The topological polar surface area (TPSA) is 54.9 Å². The summed E-state index contributed by atoms with van der Waals surface area (Å²) in [4.78, 5) is 22.1. The molecule has 122 valence electrons. The molecule has 1 amide bonds. The van der Waals surface area contributed by atoms with Crippen LogP contribution in [0.4, 0.5) is 5.69 Å². The van der Waals surface area contributed by atoms with E-state index in [1.807, 2.05) is 36.4 Å². The van der Waals surface area contributed by atoms with Gasteiger partial charge in [0, 0.05) is 17.4 Å². The van der Waals surface area contributed by atoms with Gasteiger partial charge < -0.3 is 5.32 Å². The molecule has 2 aromatic heterocycles. The number of aromatic nitrogens is 2. The van der Waals surface area contributed by atoms with Crippen molar-refractivity contribution in [1.29, 1.82) is 0 Å². The molecule has 0 saturated heterocycles.